The van der Waals surface area contributed by atoms with Gasteiger partial charge >= 0.3 is 0 Å². The van der Waals surface area contributed by atoms with Crippen LogP contribution in [0.15, 0.2) is 18.3 Å². The van der Waals surface area contributed by atoms with Crippen LogP contribution in [0.4, 0.5) is 5.69 Å². The first-order chi connectivity index (χ1) is 7.78. The SMILES string of the molecule is COc1cc(NC2CCS(=O)CC2)ccn1. The highest BCUT2D eigenvalue weighted by Gasteiger charge is 2.17. The number of anilines is 1. The molecule has 1 aromatic rings. The largest absolute Gasteiger partial charge is 0.481 e. The van der Waals surface area contributed by atoms with Crippen LogP contribution in [0, 0.1) is 0 Å². The Morgan fingerprint density at radius 1 is 1.50 bits per heavy atom. The molecule has 1 N–H and O–H groups in total. The molecule has 0 amide bonds. The molecule has 0 unspecified atom stereocenters. The van der Waals surface area contributed by atoms with Gasteiger partial charge in [0.05, 0.1) is 7.11 Å². The molecule has 1 aliphatic rings. The van der Waals surface area contributed by atoms with Crippen LogP contribution in [0.2, 0.25) is 0 Å². The standard InChI is InChI=1S/C11H16N2O2S/c1-15-11-8-10(2-5-12-11)13-9-3-6-16(14)7-4-9/h2,5,8-9H,3-4,6-7H2,1H3,(H,12,13). The molecular formula is C11H16N2O2S. The van der Waals surface area contributed by atoms with Gasteiger partial charge < -0.3 is 10.1 Å². The van der Waals surface area contributed by atoms with Gasteiger partial charge in [-0.05, 0) is 18.9 Å². The number of ether oxygens (including phenoxy) is 1. The van der Waals surface area contributed by atoms with Crippen molar-refractivity contribution in [1.82, 2.24) is 4.98 Å². The van der Waals surface area contributed by atoms with Gasteiger partial charge in [-0.3, -0.25) is 4.21 Å². The topological polar surface area (TPSA) is 51.2 Å². The van der Waals surface area contributed by atoms with Gasteiger partial charge in [0, 0.05) is 46.3 Å². The minimum atomic E-state index is -0.602. The molecule has 4 nitrogen and oxygen atoms in total. The maximum absolute atomic E-state index is 11.2. The number of nitrogens with one attached hydrogen (secondary N) is 1. The lowest BCUT2D eigenvalue weighted by molar-refractivity contribution is 0.398. The molecule has 5 heteroatoms. The van der Waals surface area contributed by atoms with E-state index >= 15 is 0 Å². The summed E-state index contributed by atoms with van der Waals surface area (Å²) in [5.41, 5.74) is 1.02. The molecule has 0 aliphatic carbocycles. The van der Waals surface area contributed by atoms with Crippen molar-refractivity contribution < 1.29 is 8.95 Å². The van der Waals surface area contributed by atoms with E-state index in [1.54, 1.807) is 13.3 Å². The Morgan fingerprint density at radius 2 is 2.25 bits per heavy atom. The van der Waals surface area contributed by atoms with Crippen LogP contribution < -0.4 is 10.1 Å². The molecule has 0 spiro atoms. The summed E-state index contributed by atoms with van der Waals surface area (Å²) in [6.07, 6.45) is 3.66. The second-order valence-electron chi connectivity index (χ2n) is 3.85. The average Bonchev–Trinajstić information content (AvgIpc) is 2.32. The predicted octanol–water partition coefficient (Wildman–Crippen LogP) is 1.41. The second kappa shape index (κ2) is 5.30. The van der Waals surface area contributed by atoms with E-state index in [1.807, 2.05) is 12.1 Å². The number of aromatic nitrogens is 1. The third-order valence-corrected chi connectivity index (χ3v) is 4.08. The van der Waals surface area contributed by atoms with Crippen molar-refractivity contribution in [3.05, 3.63) is 18.3 Å². The van der Waals surface area contributed by atoms with Crippen LogP contribution in [0.3, 0.4) is 0 Å². The summed E-state index contributed by atoms with van der Waals surface area (Å²) in [6, 6.07) is 4.23. The molecule has 0 radical (unpaired) electrons. The molecule has 0 atom stereocenters. The van der Waals surface area contributed by atoms with Crippen molar-refractivity contribution >= 4 is 16.5 Å². The van der Waals surface area contributed by atoms with Crippen LogP contribution in [-0.2, 0) is 10.8 Å². The molecule has 1 aromatic heterocycles. The van der Waals surface area contributed by atoms with Gasteiger partial charge in [0.1, 0.15) is 0 Å². The molecule has 16 heavy (non-hydrogen) atoms. The molecule has 0 bridgehead atoms. The minimum Gasteiger partial charge on any atom is -0.481 e. The molecule has 88 valence electrons. The lowest BCUT2D eigenvalue weighted by Gasteiger charge is -2.23. The fourth-order valence-corrected chi connectivity index (χ4v) is 3.08. The molecule has 1 saturated heterocycles. The Bertz CT molecular complexity index is 374. The van der Waals surface area contributed by atoms with Crippen molar-refractivity contribution in [2.24, 2.45) is 0 Å². The van der Waals surface area contributed by atoms with Crippen LogP contribution in [0.1, 0.15) is 12.8 Å². The van der Waals surface area contributed by atoms with E-state index in [0.717, 1.165) is 30.0 Å². The monoisotopic (exact) mass is 240 g/mol. The van der Waals surface area contributed by atoms with Crippen molar-refractivity contribution in [1.29, 1.82) is 0 Å². The fraction of sp³-hybridized carbons (Fsp3) is 0.545. The number of hydrogen-bond donors (Lipinski definition) is 1. The van der Waals surface area contributed by atoms with E-state index in [9.17, 15) is 4.21 Å². The second-order valence-corrected chi connectivity index (χ2v) is 5.55. The molecule has 1 aliphatic heterocycles. The summed E-state index contributed by atoms with van der Waals surface area (Å²) >= 11 is 0. The maximum atomic E-state index is 11.2. The third kappa shape index (κ3) is 2.95. The Labute approximate surface area is 97.9 Å². The van der Waals surface area contributed by atoms with Crippen molar-refractivity contribution in [3.8, 4) is 5.88 Å². The third-order valence-electron chi connectivity index (χ3n) is 2.70. The van der Waals surface area contributed by atoms with Gasteiger partial charge in [0.15, 0.2) is 0 Å². The fourth-order valence-electron chi connectivity index (χ4n) is 1.78. The van der Waals surface area contributed by atoms with E-state index < -0.39 is 10.8 Å². The highest BCUT2D eigenvalue weighted by Crippen LogP contribution is 2.18. The molecule has 0 aromatic carbocycles. The minimum absolute atomic E-state index is 0.421. The molecule has 1 fully saturated rings. The summed E-state index contributed by atoms with van der Waals surface area (Å²) in [5.74, 6) is 2.23. The molecule has 0 saturated carbocycles. The Kier molecular flexibility index (Phi) is 3.77. The zero-order valence-electron chi connectivity index (χ0n) is 9.31. The number of pyridine rings is 1. The van der Waals surface area contributed by atoms with Gasteiger partial charge in [-0.15, -0.1) is 0 Å². The van der Waals surface area contributed by atoms with Crippen LogP contribution in [0.25, 0.3) is 0 Å². The Balaban J connectivity index is 1.95. The van der Waals surface area contributed by atoms with E-state index in [1.165, 1.54) is 0 Å². The Morgan fingerprint density at radius 3 is 2.94 bits per heavy atom. The summed E-state index contributed by atoms with van der Waals surface area (Å²) in [4.78, 5) is 4.05. The van der Waals surface area contributed by atoms with Gasteiger partial charge in [0.25, 0.3) is 0 Å². The zero-order chi connectivity index (χ0) is 11.4. The van der Waals surface area contributed by atoms with E-state index in [2.05, 4.69) is 10.3 Å². The molecule has 2 heterocycles. The van der Waals surface area contributed by atoms with Crippen LogP contribution >= 0.6 is 0 Å². The highest BCUT2D eigenvalue weighted by molar-refractivity contribution is 7.85. The van der Waals surface area contributed by atoms with Gasteiger partial charge in [-0.2, -0.15) is 0 Å². The first kappa shape index (κ1) is 11.4. The van der Waals surface area contributed by atoms with Crippen LogP contribution in [-0.4, -0.2) is 33.9 Å². The average molecular weight is 240 g/mol. The zero-order valence-corrected chi connectivity index (χ0v) is 10.1. The molecule has 2 rings (SSSR count). The quantitative estimate of drug-likeness (QED) is 0.868. The first-order valence-corrected chi connectivity index (χ1v) is 6.88. The van der Waals surface area contributed by atoms with Crippen molar-refractivity contribution in [2.45, 2.75) is 18.9 Å². The maximum Gasteiger partial charge on any atom is 0.214 e. The van der Waals surface area contributed by atoms with Gasteiger partial charge in [-0.25, -0.2) is 4.98 Å². The predicted molar refractivity (Wildman–Crippen MR) is 65.3 cm³/mol. The van der Waals surface area contributed by atoms with Crippen molar-refractivity contribution in [3.63, 3.8) is 0 Å². The lowest BCUT2D eigenvalue weighted by atomic mass is 10.1. The van der Waals surface area contributed by atoms with Gasteiger partial charge in [-0.1, -0.05) is 0 Å². The number of methoxy groups -OCH3 is 1. The Hall–Kier alpha value is -1.10. The summed E-state index contributed by atoms with van der Waals surface area (Å²) in [7, 11) is 1.01. The van der Waals surface area contributed by atoms with Crippen LogP contribution in [0.5, 0.6) is 5.88 Å². The lowest BCUT2D eigenvalue weighted by Crippen LogP contribution is -2.29. The van der Waals surface area contributed by atoms with E-state index in [4.69, 9.17) is 4.74 Å². The number of hydrogen-bond acceptors (Lipinski definition) is 4. The normalized spacial score (nSPS) is 25.1. The van der Waals surface area contributed by atoms with E-state index in [0.29, 0.717) is 11.9 Å². The van der Waals surface area contributed by atoms with Crippen molar-refractivity contribution in [2.75, 3.05) is 23.9 Å². The summed E-state index contributed by atoms with van der Waals surface area (Å²) in [5, 5.41) is 3.42. The first-order valence-electron chi connectivity index (χ1n) is 5.39. The molecular weight excluding hydrogens is 224 g/mol. The number of nitrogens with zero attached hydrogens (tertiary/aromatic N) is 1. The summed E-state index contributed by atoms with van der Waals surface area (Å²) < 4.78 is 16.3. The number of rotatable bonds is 3. The highest BCUT2D eigenvalue weighted by atomic mass is 32.2. The smallest absolute Gasteiger partial charge is 0.214 e. The van der Waals surface area contributed by atoms with E-state index in [-0.39, 0.29) is 0 Å². The van der Waals surface area contributed by atoms with Gasteiger partial charge in [0.2, 0.25) is 5.88 Å². The summed E-state index contributed by atoms with van der Waals surface area (Å²) in [6.45, 7) is 0.